The predicted octanol–water partition coefficient (Wildman–Crippen LogP) is 4.17. The number of hydrogen-bond donors (Lipinski definition) is 2. The molecule has 226 valence electrons. The van der Waals surface area contributed by atoms with Gasteiger partial charge in [-0.15, -0.1) is 5.17 Å². The Kier molecular flexibility index (Phi) is 12.7. The Morgan fingerprint density at radius 2 is 1.73 bits per heavy atom. The fourth-order valence-corrected chi connectivity index (χ4v) is 5.54. The van der Waals surface area contributed by atoms with Crippen molar-refractivity contribution < 1.29 is 43.4 Å². The molecule has 0 fully saturated rings. The Balaban J connectivity index is 3.35. The third-order valence-corrected chi connectivity index (χ3v) is 11.8. The first-order valence-corrected chi connectivity index (χ1v) is 16.9. The number of thioether (sulfide) groups is 1. The van der Waals surface area contributed by atoms with E-state index in [0.717, 1.165) is 12.1 Å². The number of nitrogens with zero attached hydrogens (tertiary/aromatic N) is 2. The highest BCUT2D eigenvalue weighted by Gasteiger charge is 2.40. The van der Waals surface area contributed by atoms with Crippen LogP contribution in [0.1, 0.15) is 69.4 Å². The summed E-state index contributed by atoms with van der Waals surface area (Å²) < 4.78 is 11.3. The number of carbonyl (C=O) groups is 4. The molecule has 1 unspecified atom stereocenters. The number of aliphatic hydroxyl groups excluding tert-OH is 1. The summed E-state index contributed by atoms with van der Waals surface area (Å²) in [6.45, 7) is 16.6. The number of carbonyl (C=O) groups excluding carboxylic acids is 3. The van der Waals surface area contributed by atoms with Crippen molar-refractivity contribution in [2.24, 2.45) is 0 Å². The summed E-state index contributed by atoms with van der Waals surface area (Å²) in [5.74, 6) is -2.00. The molecule has 1 atom stereocenters. The van der Waals surface area contributed by atoms with Crippen molar-refractivity contribution in [2.75, 3.05) is 19.5 Å². The van der Waals surface area contributed by atoms with E-state index in [9.17, 15) is 29.4 Å². The first-order chi connectivity index (χ1) is 18.3. The molecule has 0 aliphatic rings. The molecule has 1 aromatic carbocycles. The third kappa shape index (κ3) is 9.49. The average Bonchev–Trinajstić information content (AvgIpc) is 2.82. The Morgan fingerprint density at radius 3 is 2.17 bits per heavy atom. The molecular formula is C27H44N2O9SSi. The molecule has 0 radical (unpaired) electrons. The second-order valence-electron chi connectivity index (χ2n) is 11.8. The lowest BCUT2D eigenvalue weighted by Crippen LogP contribution is -2.57. The summed E-state index contributed by atoms with van der Waals surface area (Å²) in [6.07, 6.45) is -0.109. The van der Waals surface area contributed by atoms with Crippen LogP contribution in [0.15, 0.2) is 12.1 Å². The molecule has 0 aliphatic heterocycles. The molecule has 0 saturated carbocycles. The normalized spacial score (nSPS) is 12.9. The molecule has 11 nitrogen and oxygen atoms in total. The van der Waals surface area contributed by atoms with Crippen molar-refractivity contribution in [1.29, 1.82) is 0 Å². The van der Waals surface area contributed by atoms with Gasteiger partial charge in [-0.1, -0.05) is 26.8 Å². The van der Waals surface area contributed by atoms with Crippen molar-refractivity contribution in [2.45, 2.75) is 90.4 Å². The quantitative estimate of drug-likeness (QED) is 0.138. The van der Waals surface area contributed by atoms with Crippen LogP contribution in [-0.2, 0) is 29.7 Å². The lowest BCUT2D eigenvalue weighted by molar-refractivity contribution is -0.298. The zero-order chi connectivity index (χ0) is 31.1. The number of esters is 1. The number of aliphatic hydroxyl groups is 1. The first-order valence-electron chi connectivity index (χ1n) is 12.9. The van der Waals surface area contributed by atoms with Crippen molar-refractivity contribution in [3.8, 4) is 5.75 Å². The molecule has 1 rings (SSSR count). The lowest BCUT2D eigenvalue weighted by Gasteiger charge is -2.38. The summed E-state index contributed by atoms with van der Waals surface area (Å²) in [5.41, 5.74) is 0.226. The number of hydrogen-bond acceptors (Lipinski definition) is 9. The number of hydrazine groups is 1. The van der Waals surface area contributed by atoms with Crippen LogP contribution in [0.2, 0.25) is 18.1 Å². The SMILES string of the molecule is COC(=O)C(CSCc1ccc(O[Si](C)(C)C(C)(C)C)c(C)c1C(=O)O)N(C(=O)CCO)N(C=O)OC(C)(C)C. The maximum absolute atomic E-state index is 12.9. The van der Waals surface area contributed by atoms with Gasteiger partial charge in [-0.25, -0.2) is 19.4 Å². The Labute approximate surface area is 242 Å². The van der Waals surface area contributed by atoms with Crippen LogP contribution in [0, 0.1) is 6.92 Å². The van der Waals surface area contributed by atoms with E-state index in [1.54, 1.807) is 39.8 Å². The predicted molar refractivity (Wildman–Crippen MR) is 155 cm³/mol. The number of aromatic carboxylic acids is 1. The van der Waals surface area contributed by atoms with Crippen LogP contribution in [-0.4, -0.2) is 84.1 Å². The standard InChI is InChI=1S/C27H44N2O9SSi/c1-18-21(37-40(9,10)27(5,6)7)12-11-19(23(18)24(33)34)15-39-16-20(25(35)36-8)29(22(32)13-14-30)28(17-31)38-26(2,3)4/h11-12,17,20,30H,13-16H2,1-10H3,(H,33,34). The fraction of sp³-hybridized carbons (Fsp3) is 0.630. The molecule has 0 spiro atoms. The van der Waals surface area contributed by atoms with Gasteiger partial charge in [0.1, 0.15) is 5.75 Å². The average molecular weight is 601 g/mol. The molecular weight excluding hydrogens is 556 g/mol. The number of ether oxygens (including phenoxy) is 1. The van der Waals surface area contributed by atoms with E-state index in [4.69, 9.17) is 14.0 Å². The number of benzene rings is 1. The van der Waals surface area contributed by atoms with E-state index < -0.39 is 44.4 Å². The molecule has 2 N–H and O–H groups in total. The van der Waals surface area contributed by atoms with Crippen molar-refractivity contribution >= 4 is 44.3 Å². The molecule has 0 aliphatic carbocycles. The van der Waals surface area contributed by atoms with Gasteiger partial charge in [0.05, 0.1) is 31.3 Å². The van der Waals surface area contributed by atoms with Gasteiger partial charge in [-0.05, 0) is 57.5 Å². The zero-order valence-corrected chi connectivity index (χ0v) is 27.0. The number of carboxylic acid groups (broad SMARTS) is 1. The van der Waals surface area contributed by atoms with Gasteiger partial charge in [0.15, 0.2) is 6.04 Å². The zero-order valence-electron chi connectivity index (χ0n) is 25.2. The first kappa shape index (κ1) is 35.4. The van der Waals surface area contributed by atoms with E-state index in [1.807, 2.05) is 0 Å². The minimum Gasteiger partial charge on any atom is -0.543 e. The minimum atomic E-state index is -2.22. The van der Waals surface area contributed by atoms with Gasteiger partial charge in [0, 0.05) is 17.1 Å². The smallest absolute Gasteiger partial charge is 0.336 e. The number of rotatable bonds is 14. The van der Waals surface area contributed by atoms with Crippen molar-refractivity contribution in [3.63, 3.8) is 0 Å². The van der Waals surface area contributed by atoms with Crippen LogP contribution >= 0.6 is 11.8 Å². The Hall–Kier alpha value is -2.61. The lowest BCUT2D eigenvalue weighted by atomic mass is 10.0. The third-order valence-electron chi connectivity index (χ3n) is 6.44. The van der Waals surface area contributed by atoms with E-state index in [1.165, 1.54) is 11.8 Å². The van der Waals surface area contributed by atoms with Gasteiger partial charge >= 0.3 is 11.9 Å². The molecule has 1 aromatic rings. The molecule has 2 amide bonds. The number of amides is 2. The summed E-state index contributed by atoms with van der Waals surface area (Å²) in [7, 11) is -1.07. The number of carboxylic acids is 1. The molecule has 13 heteroatoms. The van der Waals surface area contributed by atoms with Crippen LogP contribution in [0.25, 0.3) is 0 Å². The summed E-state index contributed by atoms with van der Waals surface area (Å²) in [6, 6.07) is 2.16. The Morgan fingerprint density at radius 1 is 1.12 bits per heavy atom. The topological polar surface area (TPSA) is 143 Å². The van der Waals surface area contributed by atoms with Gasteiger partial charge in [0.2, 0.25) is 14.2 Å². The summed E-state index contributed by atoms with van der Waals surface area (Å²) in [5, 5.41) is 20.8. The van der Waals surface area contributed by atoms with Crippen molar-refractivity contribution in [3.05, 3.63) is 28.8 Å². The van der Waals surface area contributed by atoms with Gasteiger partial charge in [-0.3, -0.25) is 9.59 Å². The monoisotopic (exact) mass is 600 g/mol. The van der Waals surface area contributed by atoms with Gasteiger partial charge in [-0.2, -0.15) is 11.8 Å². The molecule has 0 aromatic heterocycles. The van der Waals surface area contributed by atoms with Gasteiger partial charge < -0.3 is 19.4 Å². The van der Waals surface area contributed by atoms with Crippen LogP contribution in [0.4, 0.5) is 0 Å². The molecule has 0 heterocycles. The van der Waals surface area contributed by atoms with E-state index >= 15 is 0 Å². The minimum absolute atomic E-state index is 0.0536. The van der Waals surface area contributed by atoms with Gasteiger partial charge in [0.25, 0.3) is 6.41 Å². The maximum Gasteiger partial charge on any atom is 0.336 e. The molecule has 40 heavy (non-hydrogen) atoms. The second-order valence-corrected chi connectivity index (χ2v) is 17.5. The molecule has 0 saturated heterocycles. The van der Waals surface area contributed by atoms with Crippen LogP contribution < -0.4 is 4.43 Å². The Bertz CT molecular complexity index is 1070. The van der Waals surface area contributed by atoms with E-state index in [2.05, 4.69) is 33.9 Å². The fourth-order valence-electron chi connectivity index (χ4n) is 3.39. The second kappa shape index (κ2) is 14.3. The van der Waals surface area contributed by atoms with E-state index in [-0.39, 0.29) is 34.9 Å². The highest BCUT2D eigenvalue weighted by atomic mass is 32.2. The number of methoxy groups -OCH3 is 1. The van der Waals surface area contributed by atoms with Crippen LogP contribution in [0.5, 0.6) is 5.75 Å². The number of hydroxylamine groups is 1. The van der Waals surface area contributed by atoms with Crippen molar-refractivity contribution in [1.82, 2.24) is 10.2 Å². The highest BCUT2D eigenvalue weighted by molar-refractivity contribution is 7.98. The maximum atomic E-state index is 12.9. The summed E-state index contributed by atoms with van der Waals surface area (Å²) >= 11 is 1.18. The highest BCUT2D eigenvalue weighted by Crippen LogP contribution is 2.39. The van der Waals surface area contributed by atoms with E-state index in [0.29, 0.717) is 22.0 Å². The summed E-state index contributed by atoms with van der Waals surface area (Å²) in [4.78, 5) is 55.5. The molecule has 0 bridgehead atoms. The van der Waals surface area contributed by atoms with Crippen LogP contribution in [0.3, 0.4) is 0 Å². The largest absolute Gasteiger partial charge is 0.543 e.